The molecule has 0 fully saturated rings. The van der Waals surface area contributed by atoms with E-state index in [1.54, 1.807) is 0 Å². The van der Waals surface area contributed by atoms with Gasteiger partial charge in [0.2, 0.25) is 0 Å². The van der Waals surface area contributed by atoms with Crippen molar-refractivity contribution in [2.24, 2.45) is 5.73 Å². The maximum Gasteiger partial charge on any atom is 0.137 e. The molecule has 0 bridgehead atoms. The first-order chi connectivity index (χ1) is 11.1. The van der Waals surface area contributed by atoms with E-state index >= 15 is 0 Å². The Morgan fingerprint density at radius 1 is 1.22 bits per heavy atom. The molecule has 0 unspecified atom stereocenters. The fraction of sp³-hybridized carbons (Fsp3) is 0.222. The van der Waals surface area contributed by atoms with Gasteiger partial charge < -0.3 is 14.9 Å². The van der Waals surface area contributed by atoms with E-state index in [0.29, 0.717) is 18.0 Å². The Morgan fingerprint density at radius 2 is 1.96 bits per heavy atom. The highest BCUT2D eigenvalue weighted by Crippen LogP contribution is 2.27. The SMILES string of the molecule is CCOc1ccc(-c2nc3ccc(C)cn3c2CC(N)=S)cc1. The lowest BCUT2D eigenvalue weighted by Crippen LogP contribution is -2.13. The minimum Gasteiger partial charge on any atom is -0.494 e. The molecule has 4 nitrogen and oxygen atoms in total. The fourth-order valence-electron chi connectivity index (χ4n) is 2.64. The number of hydrogen-bond acceptors (Lipinski definition) is 3. The number of fused-ring (bicyclic) bond motifs is 1. The Morgan fingerprint density at radius 3 is 2.61 bits per heavy atom. The summed E-state index contributed by atoms with van der Waals surface area (Å²) in [6, 6.07) is 12.0. The highest BCUT2D eigenvalue weighted by atomic mass is 32.1. The van der Waals surface area contributed by atoms with Crippen LogP contribution in [0, 0.1) is 6.92 Å². The van der Waals surface area contributed by atoms with Gasteiger partial charge >= 0.3 is 0 Å². The van der Waals surface area contributed by atoms with Gasteiger partial charge in [0.1, 0.15) is 11.4 Å². The number of aryl methyl sites for hydroxylation is 1. The van der Waals surface area contributed by atoms with E-state index in [2.05, 4.69) is 23.6 Å². The maximum absolute atomic E-state index is 5.79. The van der Waals surface area contributed by atoms with Crippen molar-refractivity contribution in [3.8, 4) is 17.0 Å². The average molecular weight is 325 g/mol. The summed E-state index contributed by atoms with van der Waals surface area (Å²) in [6.45, 7) is 4.68. The smallest absolute Gasteiger partial charge is 0.137 e. The number of nitrogens with zero attached hydrogens (tertiary/aromatic N) is 2. The molecule has 0 atom stereocenters. The van der Waals surface area contributed by atoms with E-state index in [9.17, 15) is 0 Å². The Balaban J connectivity index is 2.13. The van der Waals surface area contributed by atoms with Crippen molar-refractivity contribution in [2.75, 3.05) is 6.61 Å². The number of rotatable bonds is 5. The molecule has 0 saturated carbocycles. The van der Waals surface area contributed by atoms with Crippen molar-refractivity contribution in [1.82, 2.24) is 9.38 Å². The Kier molecular flexibility index (Phi) is 4.30. The summed E-state index contributed by atoms with van der Waals surface area (Å²) in [5.74, 6) is 0.853. The zero-order valence-corrected chi connectivity index (χ0v) is 14.1. The van der Waals surface area contributed by atoms with E-state index in [4.69, 9.17) is 27.7 Å². The number of pyridine rings is 1. The van der Waals surface area contributed by atoms with Crippen molar-refractivity contribution in [2.45, 2.75) is 20.3 Å². The molecule has 5 heteroatoms. The van der Waals surface area contributed by atoms with Gasteiger partial charge in [0.25, 0.3) is 0 Å². The lowest BCUT2D eigenvalue weighted by Gasteiger charge is -2.06. The fourth-order valence-corrected chi connectivity index (χ4v) is 2.78. The van der Waals surface area contributed by atoms with Crippen LogP contribution < -0.4 is 10.5 Å². The van der Waals surface area contributed by atoms with Crippen LogP contribution >= 0.6 is 12.2 Å². The standard InChI is InChI=1S/C18H19N3OS/c1-3-22-14-7-5-13(6-8-14)18-15(10-16(19)23)21-11-12(2)4-9-17(21)20-18/h4-9,11H,3,10H2,1-2H3,(H2,19,23). The highest BCUT2D eigenvalue weighted by molar-refractivity contribution is 7.80. The largest absolute Gasteiger partial charge is 0.494 e. The molecule has 0 aliphatic rings. The van der Waals surface area contributed by atoms with Gasteiger partial charge in [-0.3, -0.25) is 0 Å². The summed E-state index contributed by atoms with van der Waals surface area (Å²) >= 11 is 5.12. The second-order valence-electron chi connectivity index (χ2n) is 5.44. The molecular formula is C18H19N3OS. The molecule has 0 spiro atoms. The van der Waals surface area contributed by atoms with Crippen LogP contribution in [0.1, 0.15) is 18.2 Å². The van der Waals surface area contributed by atoms with E-state index in [0.717, 1.165) is 33.9 Å². The molecule has 0 radical (unpaired) electrons. The summed E-state index contributed by atoms with van der Waals surface area (Å²) in [5, 5.41) is 0. The second-order valence-corrected chi connectivity index (χ2v) is 5.97. The molecule has 0 aliphatic carbocycles. The first kappa shape index (κ1) is 15.5. The molecule has 3 aromatic rings. The van der Waals surface area contributed by atoms with Crippen LogP contribution in [-0.2, 0) is 6.42 Å². The molecular weight excluding hydrogens is 306 g/mol. The summed E-state index contributed by atoms with van der Waals surface area (Å²) in [7, 11) is 0. The molecule has 0 amide bonds. The summed E-state index contributed by atoms with van der Waals surface area (Å²) in [4.78, 5) is 5.22. The first-order valence-electron chi connectivity index (χ1n) is 7.57. The van der Waals surface area contributed by atoms with Crippen LogP contribution in [0.3, 0.4) is 0 Å². The van der Waals surface area contributed by atoms with E-state index in [-0.39, 0.29) is 0 Å². The maximum atomic E-state index is 5.79. The van der Waals surface area contributed by atoms with Crippen molar-refractivity contribution in [3.63, 3.8) is 0 Å². The summed E-state index contributed by atoms with van der Waals surface area (Å²) in [6.07, 6.45) is 2.58. The number of nitrogens with two attached hydrogens (primary N) is 1. The van der Waals surface area contributed by atoms with Crippen molar-refractivity contribution >= 4 is 22.9 Å². The molecule has 118 valence electrons. The first-order valence-corrected chi connectivity index (χ1v) is 7.98. The van der Waals surface area contributed by atoms with Crippen molar-refractivity contribution in [1.29, 1.82) is 0 Å². The van der Waals surface area contributed by atoms with Gasteiger partial charge in [0.05, 0.1) is 23.0 Å². The topological polar surface area (TPSA) is 52.5 Å². The van der Waals surface area contributed by atoms with Gasteiger partial charge in [-0.25, -0.2) is 4.98 Å². The second kappa shape index (κ2) is 6.38. The van der Waals surface area contributed by atoms with E-state index in [1.165, 1.54) is 0 Å². The minimum absolute atomic E-state index is 0.459. The Bertz CT molecular complexity index is 853. The molecule has 1 aromatic carbocycles. The van der Waals surface area contributed by atoms with Gasteiger partial charge in [0.15, 0.2) is 0 Å². The quantitative estimate of drug-likeness (QED) is 0.729. The minimum atomic E-state index is 0.459. The van der Waals surface area contributed by atoms with Gasteiger partial charge in [-0.15, -0.1) is 0 Å². The van der Waals surface area contributed by atoms with Crippen LogP contribution in [-0.4, -0.2) is 21.0 Å². The van der Waals surface area contributed by atoms with Crippen molar-refractivity contribution in [3.05, 3.63) is 53.9 Å². The third kappa shape index (κ3) is 3.19. The molecule has 0 saturated heterocycles. The van der Waals surface area contributed by atoms with Gasteiger partial charge in [-0.05, 0) is 49.7 Å². The van der Waals surface area contributed by atoms with Crippen molar-refractivity contribution < 1.29 is 4.74 Å². The van der Waals surface area contributed by atoms with Crippen LogP contribution in [0.2, 0.25) is 0 Å². The number of benzene rings is 1. The molecule has 23 heavy (non-hydrogen) atoms. The highest BCUT2D eigenvalue weighted by Gasteiger charge is 2.15. The molecule has 2 N–H and O–H groups in total. The normalized spacial score (nSPS) is 10.9. The summed E-state index contributed by atoms with van der Waals surface area (Å²) in [5.41, 5.74) is 10.8. The van der Waals surface area contributed by atoms with Gasteiger partial charge in [0, 0.05) is 18.2 Å². The van der Waals surface area contributed by atoms with E-state index < -0.39 is 0 Å². The number of aromatic nitrogens is 2. The third-order valence-corrected chi connectivity index (χ3v) is 3.79. The van der Waals surface area contributed by atoms with Crippen LogP contribution in [0.15, 0.2) is 42.6 Å². The number of thiocarbonyl (C=S) groups is 1. The Labute approximate surface area is 140 Å². The lowest BCUT2D eigenvalue weighted by molar-refractivity contribution is 0.340. The lowest BCUT2D eigenvalue weighted by atomic mass is 10.1. The molecule has 3 rings (SSSR count). The van der Waals surface area contributed by atoms with Crippen LogP contribution in [0.25, 0.3) is 16.9 Å². The van der Waals surface area contributed by atoms with Gasteiger partial charge in [-0.1, -0.05) is 18.3 Å². The molecule has 2 aromatic heterocycles. The van der Waals surface area contributed by atoms with Crippen LogP contribution in [0.4, 0.5) is 0 Å². The molecule has 2 heterocycles. The number of hydrogen-bond donors (Lipinski definition) is 1. The zero-order chi connectivity index (χ0) is 16.4. The number of imidazole rings is 1. The monoisotopic (exact) mass is 325 g/mol. The Hall–Kier alpha value is -2.40. The van der Waals surface area contributed by atoms with Gasteiger partial charge in [-0.2, -0.15) is 0 Å². The predicted octanol–water partition coefficient (Wildman–Crippen LogP) is 3.54. The number of ether oxygens (including phenoxy) is 1. The van der Waals surface area contributed by atoms with E-state index in [1.807, 2.05) is 37.3 Å². The zero-order valence-electron chi connectivity index (χ0n) is 13.2. The third-order valence-electron chi connectivity index (χ3n) is 3.65. The predicted molar refractivity (Wildman–Crippen MR) is 97.0 cm³/mol. The van der Waals surface area contributed by atoms with Crippen LogP contribution in [0.5, 0.6) is 5.75 Å². The molecule has 0 aliphatic heterocycles. The average Bonchev–Trinajstić information content (AvgIpc) is 2.86. The summed E-state index contributed by atoms with van der Waals surface area (Å²) < 4.78 is 7.57.